The van der Waals surface area contributed by atoms with E-state index >= 15 is 0 Å². The van der Waals surface area contributed by atoms with Crippen LogP contribution in [0.25, 0.3) is 0 Å². The molecule has 5 heteroatoms. The minimum absolute atomic E-state index is 0. The van der Waals surface area contributed by atoms with Crippen LogP contribution in [0.5, 0.6) is 0 Å². The molecule has 86 valence electrons. The fraction of sp³-hybridized carbons (Fsp3) is 0.182. The molecule has 1 aromatic carbocycles. The Hall–Kier alpha value is -1.39. The van der Waals surface area contributed by atoms with Crippen molar-refractivity contribution in [2.45, 2.75) is 0 Å². The number of nitrogens with one attached hydrogen (secondary N) is 1. The first-order chi connectivity index (χ1) is 7.16. The van der Waals surface area contributed by atoms with E-state index in [1.165, 1.54) is 12.1 Å². The minimum Gasteiger partial charge on any atom is -1.00 e. The van der Waals surface area contributed by atoms with Gasteiger partial charge in [0.05, 0.1) is 11.8 Å². The van der Waals surface area contributed by atoms with Gasteiger partial charge in [-0.15, -0.1) is 0 Å². The number of nitrogens with zero attached hydrogens (tertiary/aromatic N) is 1. The summed E-state index contributed by atoms with van der Waals surface area (Å²) in [4.78, 5) is 14.5. The molecule has 0 aliphatic carbocycles. The lowest BCUT2D eigenvalue weighted by Crippen LogP contribution is -3.10. The van der Waals surface area contributed by atoms with E-state index in [4.69, 9.17) is 0 Å². The Labute approximate surface area is 99.6 Å². The lowest BCUT2D eigenvalue weighted by Gasteiger charge is -2.10. The minimum atomic E-state index is -0.378. The molecule has 0 fully saturated rings. The van der Waals surface area contributed by atoms with Gasteiger partial charge in [0.1, 0.15) is 12.0 Å². The van der Waals surface area contributed by atoms with Crippen LogP contribution in [0.1, 0.15) is 10.4 Å². The molecule has 0 aromatic heterocycles. The van der Waals surface area contributed by atoms with Crippen molar-refractivity contribution in [1.29, 1.82) is 0 Å². The van der Waals surface area contributed by atoms with Crippen LogP contribution in [-0.2, 0) is 0 Å². The zero-order valence-electron chi connectivity index (χ0n) is 8.78. The fourth-order valence-corrected chi connectivity index (χ4v) is 1.55. The molecule has 16 heavy (non-hydrogen) atoms. The molecule has 0 spiro atoms. The predicted octanol–water partition coefficient (Wildman–Crippen LogP) is -2.77. The Kier molecular flexibility index (Phi) is 4.04. The zero-order chi connectivity index (χ0) is 10.8. The SMILES string of the molecule is CN1C=C[NH+](C(=O)c2cccc(F)c2)C1.[Cl-]. The molecule has 2 rings (SSSR count). The van der Waals surface area contributed by atoms with Crippen molar-refractivity contribution in [1.82, 2.24) is 4.90 Å². The largest absolute Gasteiger partial charge is 1.00 e. The molecule has 1 aliphatic heterocycles. The zero-order valence-corrected chi connectivity index (χ0v) is 9.54. The first-order valence-electron chi connectivity index (χ1n) is 4.71. The van der Waals surface area contributed by atoms with Gasteiger partial charge in [-0.05, 0) is 18.2 Å². The van der Waals surface area contributed by atoms with E-state index in [9.17, 15) is 9.18 Å². The maximum atomic E-state index is 12.9. The number of quaternary nitrogens is 1. The van der Waals surface area contributed by atoms with E-state index in [-0.39, 0.29) is 24.1 Å². The van der Waals surface area contributed by atoms with Gasteiger partial charge in [-0.1, -0.05) is 6.07 Å². The van der Waals surface area contributed by atoms with E-state index in [0.29, 0.717) is 17.1 Å². The maximum absolute atomic E-state index is 12.9. The molecule has 0 radical (unpaired) electrons. The molecule has 0 saturated carbocycles. The van der Waals surface area contributed by atoms with Gasteiger partial charge >= 0.3 is 5.91 Å². The number of carbonyl (C=O) groups is 1. The van der Waals surface area contributed by atoms with Crippen LogP contribution in [0.2, 0.25) is 0 Å². The third-order valence-electron chi connectivity index (χ3n) is 2.33. The number of benzene rings is 1. The molecule has 1 amide bonds. The van der Waals surface area contributed by atoms with Crippen molar-refractivity contribution in [3.8, 4) is 0 Å². The summed E-state index contributed by atoms with van der Waals surface area (Å²) in [5.74, 6) is -0.480. The van der Waals surface area contributed by atoms with E-state index in [1.54, 1.807) is 18.3 Å². The van der Waals surface area contributed by atoms with Gasteiger partial charge in [-0.2, -0.15) is 0 Å². The van der Waals surface area contributed by atoms with Gasteiger partial charge in [-0.25, -0.2) is 14.1 Å². The van der Waals surface area contributed by atoms with Crippen LogP contribution >= 0.6 is 0 Å². The Morgan fingerprint density at radius 1 is 1.50 bits per heavy atom. The Balaban J connectivity index is 0.00000128. The summed E-state index contributed by atoms with van der Waals surface area (Å²) in [6.45, 7) is 0.593. The molecule has 1 aromatic rings. The van der Waals surface area contributed by atoms with Gasteiger partial charge in [0.2, 0.25) is 0 Å². The molecule has 1 unspecified atom stereocenters. The summed E-state index contributed by atoms with van der Waals surface area (Å²) < 4.78 is 12.9. The molecule has 1 heterocycles. The van der Waals surface area contributed by atoms with Crippen LogP contribution in [0.15, 0.2) is 36.7 Å². The van der Waals surface area contributed by atoms with E-state index in [2.05, 4.69) is 0 Å². The van der Waals surface area contributed by atoms with Crippen molar-refractivity contribution >= 4 is 5.91 Å². The van der Waals surface area contributed by atoms with Gasteiger partial charge in [-0.3, -0.25) is 0 Å². The number of hydrogen-bond donors (Lipinski definition) is 1. The molecule has 1 N–H and O–H groups in total. The second kappa shape index (κ2) is 5.09. The number of amides is 1. The van der Waals surface area contributed by atoms with Crippen LogP contribution in [0, 0.1) is 5.82 Å². The maximum Gasteiger partial charge on any atom is 0.350 e. The summed E-state index contributed by atoms with van der Waals surface area (Å²) in [5, 5.41) is 0. The summed E-state index contributed by atoms with van der Waals surface area (Å²) in [5.41, 5.74) is 0.407. The van der Waals surface area contributed by atoms with Gasteiger partial charge in [0, 0.05) is 7.05 Å². The molecular weight excluding hydrogens is 231 g/mol. The van der Waals surface area contributed by atoms with Crippen molar-refractivity contribution in [2.24, 2.45) is 0 Å². The lowest BCUT2D eigenvalue weighted by atomic mass is 10.2. The molecule has 1 aliphatic rings. The smallest absolute Gasteiger partial charge is 0.350 e. The summed E-state index contributed by atoms with van der Waals surface area (Å²) in [6.07, 6.45) is 3.61. The Morgan fingerprint density at radius 3 is 2.81 bits per heavy atom. The standard InChI is InChI=1S/C11H11FN2O.ClH/c1-13-5-6-14(8-13)11(15)9-3-2-4-10(12)7-9;/h2-7H,8H2,1H3;1H. The molecule has 0 saturated heterocycles. The van der Waals surface area contributed by atoms with Crippen LogP contribution in [0.4, 0.5) is 4.39 Å². The number of rotatable bonds is 1. The molecule has 0 bridgehead atoms. The predicted molar refractivity (Wildman–Crippen MR) is 53.5 cm³/mol. The first-order valence-corrected chi connectivity index (χ1v) is 4.71. The summed E-state index contributed by atoms with van der Waals surface area (Å²) >= 11 is 0. The molecular formula is C11H12ClFN2O. The van der Waals surface area contributed by atoms with Crippen molar-refractivity contribution in [3.63, 3.8) is 0 Å². The summed E-state index contributed by atoms with van der Waals surface area (Å²) in [7, 11) is 1.89. The lowest BCUT2D eigenvalue weighted by molar-refractivity contribution is -0.758. The quantitative estimate of drug-likeness (QED) is 0.577. The normalized spacial score (nSPS) is 18.4. The average Bonchev–Trinajstić information content (AvgIpc) is 2.64. The second-order valence-electron chi connectivity index (χ2n) is 3.60. The van der Waals surface area contributed by atoms with Crippen molar-refractivity contribution in [3.05, 3.63) is 48.0 Å². The highest BCUT2D eigenvalue weighted by molar-refractivity contribution is 5.87. The molecule has 1 atom stereocenters. The van der Waals surface area contributed by atoms with Crippen LogP contribution in [-0.4, -0.2) is 24.5 Å². The van der Waals surface area contributed by atoms with Gasteiger partial charge < -0.3 is 17.3 Å². The van der Waals surface area contributed by atoms with Gasteiger partial charge in [0.15, 0.2) is 6.67 Å². The number of hydrogen-bond acceptors (Lipinski definition) is 2. The van der Waals surface area contributed by atoms with E-state index in [1.807, 2.05) is 18.1 Å². The Bertz CT molecular complexity index is 422. The number of halogens is 2. The fourth-order valence-electron chi connectivity index (χ4n) is 1.55. The Morgan fingerprint density at radius 2 is 2.25 bits per heavy atom. The topological polar surface area (TPSA) is 24.8 Å². The van der Waals surface area contributed by atoms with E-state index in [0.717, 1.165) is 0 Å². The average molecular weight is 243 g/mol. The highest BCUT2D eigenvalue weighted by Gasteiger charge is 2.24. The second-order valence-corrected chi connectivity index (χ2v) is 3.60. The third-order valence-corrected chi connectivity index (χ3v) is 2.33. The van der Waals surface area contributed by atoms with Crippen molar-refractivity contribution in [2.75, 3.05) is 13.7 Å². The highest BCUT2D eigenvalue weighted by atomic mass is 35.5. The van der Waals surface area contributed by atoms with Crippen LogP contribution < -0.4 is 17.3 Å². The first kappa shape index (κ1) is 12.7. The van der Waals surface area contributed by atoms with Crippen LogP contribution in [0.3, 0.4) is 0 Å². The highest BCUT2D eigenvalue weighted by Crippen LogP contribution is 2.02. The van der Waals surface area contributed by atoms with Gasteiger partial charge in [0.25, 0.3) is 0 Å². The van der Waals surface area contributed by atoms with Crippen molar-refractivity contribution < 1.29 is 26.5 Å². The monoisotopic (exact) mass is 242 g/mol. The number of carbonyl (C=O) groups excluding carboxylic acids is 1. The molecule has 3 nitrogen and oxygen atoms in total. The van der Waals surface area contributed by atoms with E-state index < -0.39 is 0 Å². The summed E-state index contributed by atoms with van der Waals surface area (Å²) in [6, 6.07) is 5.77. The third kappa shape index (κ3) is 2.59.